The van der Waals surface area contributed by atoms with Gasteiger partial charge >= 0.3 is 26.0 Å². The van der Waals surface area contributed by atoms with Crippen molar-refractivity contribution in [3.63, 3.8) is 0 Å². The van der Waals surface area contributed by atoms with Crippen LogP contribution in [0.25, 0.3) is 0 Å². The molecule has 0 fully saturated rings. The average Bonchev–Trinajstić information content (AvgIpc) is 2.80. The molecule has 0 saturated heterocycles. The van der Waals surface area contributed by atoms with Gasteiger partial charge < -0.3 is 24.0 Å². The van der Waals surface area contributed by atoms with E-state index in [9.17, 15) is 32.4 Å². The SMILES string of the molecule is CC(C)(C)C(=O)OC(OC(=O)C(C)(C)C)OS(=O)(=O)C(CCCc1cccc(Oc2ccccc2)c1)P(=O)(O)O. The first-order valence-electron chi connectivity index (χ1n) is 12.5. The van der Waals surface area contributed by atoms with E-state index in [1.807, 2.05) is 18.2 Å². The molecule has 11 nitrogen and oxygen atoms in total. The first-order chi connectivity index (χ1) is 18.3. The van der Waals surface area contributed by atoms with Crippen LogP contribution in [0.3, 0.4) is 0 Å². The van der Waals surface area contributed by atoms with Gasteiger partial charge in [-0.05, 0) is 90.6 Å². The molecule has 0 amide bonds. The van der Waals surface area contributed by atoms with Crippen LogP contribution in [0.4, 0.5) is 0 Å². The third kappa shape index (κ3) is 10.7. The van der Waals surface area contributed by atoms with Crippen LogP contribution in [0.5, 0.6) is 11.5 Å². The molecule has 222 valence electrons. The smallest absolute Gasteiger partial charge is 0.379 e. The molecular weight excluding hydrogens is 563 g/mol. The van der Waals surface area contributed by atoms with Crippen LogP contribution in [0, 0.1) is 10.8 Å². The second-order valence-electron chi connectivity index (χ2n) is 11.2. The zero-order valence-electron chi connectivity index (χ0n) is 23.4. The highest BCUT2D eigenvalue weighted by Gasteiger charge is 2.45. The molecule has 0 aliphatic carbocycles. The van der Waals surface area contributed by atoms with Crippen LogP contribution in [0.2, 0.25) is 0 Å². The molecule has 1 unspecified atom stereocenters. The zero-order valence-corrected chi connectivity index (χ0v) is 25.1. The van der Waals surface area contributed by atoms with Gasteiger partial charge in [-0.1, -0.05) is 30.3 Å². The molecule has 0 aliphatic rings. The molecule has 0 spiro atoms. The number of hydrogen-bond acceptors (Lipinski definition) is 9. The van der Waals surface area contributed by atoms with Gasteiger partial charge in [0.15, 0.2) is 4.99 Å². The minimum atomic E-state index is -5.28. The van der Waals surface area contributed by atoms with E-state index in [4.69, 9.17) is 18.4 Å². The quantitative estimate of drug-likeness (QED) is 0.144. The molecule has 2 aromatic carbocycles. The summed E-state index contributed by atoms with van der Waals surface area (Å²) in [4.78, 5) is 42.2. The van der Waals surface area contributed by atoms with Gasteiger partial charge in [0, 0.05) is 0 Å². The van der Waals surface area contributed by atoms with Gasteiger partial charge in [0.1, 0.15) is 11.5 Å². The third-order valence-electron chi connectivity index (χ3n) is 5.35. The Hall–Kier alpha value is -2.76. The van der Waals surface area contributed by atoms with Gasteiger partial charge in [-0.25, -0.2) is 0 Å². The van der Waals surface area contributed by atoms with Crippen molar-refractivity contribution in [2.24, 2.45) is 10.8 Å². The Balaban J connectivity index is 2.18. The van der Waals surface area contributed by atoms with E-state index in [0.29, 0.717) is 11.5 Å². The maximum Gasteiger partial charge on any atom is 0.379 e. The molecule has 0 aliphatic heterocycles. The lowest BCUT2D eigenvalue weighted by atomic mass is 9.97. The van der Waals surface area contributed by atoms with Gasteiger partial charge in [-0.2, -0.15) is 12.6 Å². The molecule has 13 heteroatoms. The van der Waals surface area contributed by atoms with Crippen LogP contribution >= 0.6 is 7.60 Å². The lowest BCUT2D eigenvalue weighted by Gasteiger charge is -2.26. The normalized spacial score (nSPS) is 13.5. The van der Waals surface area contributed by atoms with E-state index in [2.05, 4.69) is 0 Å². The molecular formula is C27H37O11PS. The number of para-hydroxylation sites is 1. The first kappa shape index (κ1) is 33.4. The van der Waals surface area contributed by atoms with E-state index in [0.717, 1.165) is 5.56 Å². The summed E-state index contributed by atoms with van der Waals surface area (Å²) < 4.78 is 58.8. The monoisotopic (exact) mass is 600 g/mol. The van der Waals surface area contributed by atoms with Crippen LogP contribution in [0.1, 0.15) is 59.9 Å². The van der Waals surface area contributed by atoms with Crippen molar-refractivity contribution in [1.82, 2.24) is 0 Å². The topological polar surface area (TPSA) is 163 Å². The molecule has 0 heterocycles. The van der Waals surface area contributed by atoms with Gasteiger partial charge in [0.25, 0.3) is 10.1 Å². The molecule has 2 aromatic rings. The van der Waals surface area contributed by atoms with E-state index in [-0.39, 0.29) is 12.8 Å². The molecule has 0 radical (unpaired) electrons. The summed E-state index contributed by atoms with van der Waals surface area (Å²) in [5.74, 6) is -0.756. The summed E-state index contributed by atoms with van der Waals surface area (Å²) in [5, 5.41) is 0. The first-order valence-corrected chi connectivity index (χ1v) is 15.7. The van der Waals surface area contributed by atoms with E-state index >= 15 is 0 Å². The second kappa shape index (κ2) is 13.3. The summed E-state index contributed by atoms with van der Waals surface area (Å²) in [5.41, 5.74) is -1.51. The molecule has 0 aromatic heterocycles. The van der Waals surface area contributed by atoms with Gasteiger partial charge in [-0.15, -0.1) is 0 Å². The summed E-state index contributed by atoms with van der Waals surface area (Å²) in [6.45, 7) is 6.49. The summed E-state index contributed by atoms with van der Waals surface area (Å²) in [6.07, 6.45) is -0.190. The summed E-state index contributed by atoms with van der Waals surface area (Å²) in [7, 11) is -10.4. The van der Waals surface area contributed by atoms with Crippen molar-refractivity contribution >= 4 is 29.7 Å². The van der Waals surface area contributed by atoms with Gasteiger partial charge in [0.2, 0.25) is 0 Å². The predicted octanol–water partition coefficient (Wildman–Crippen LogP) is 5.11. The van der Waals surface area contributed by atoms with Crippen molar-refractivity contribution in [2.75, 3.05) is 0 Å². The number of ether oxygens (including phenoxy) is 3. The van der Waals surface area contributed by atoms with Crippen molar-refractivity contribution < 1.29 is 50.8 Å². The Morgan fingerprint density at radius 3 is 1.88 bits per heavy atom. The van der Waals surface area contributed by atoms with Crippen molar-refractivity contribution in [2.45, 2.75) is 72.3 Å². The zero-order chi connectivity index (χ0) is 30.4. The average molecular weight is 601 g/mol. The Labute approximate surface area is 235 Å². The fourth-order valence-electron chi connectivity index (χ4n) is 3.12. The van der Waals surface area contributed by atoms with E-state index < -0.39 is 58.4 Å². The standard InChI is InChI=1S/C27H37O11PS/c1-26(2,3)23(28)36-25(37-24(29)27(4,5)6)38-40(33,34)22(39(30,31)32)17-11-13-19-12-10-16-21(18-19)35-20-14-8-7-9-15-20/h7-10,12,14-16,18,22,25H,11,13,17H2,1-6H3,(H2,30,31,32). The Kier molecular flexibility index (Phi) is 11.1. The fraction of sp³-hybridized carbons (Fsp3) is 0.481. The molecule has 2 rings (SSSR count). The Morgan fingerprint density at radius 1 is 0.850 bits per heavy atom. The number of carbonyl (C=O) groups excluding carboxylic acids is 2. The van der Waals surface area contributed by atoms with Crippen molar-refractivity contribution in [1.29, 1.82) is 0 Å². The van der Waals surface area contributed by atoms with Crippen molar-refractivity contribution in [3.05, 3.63) is 60.2 Å². The Bertz CT molecular complexity index is 1280. The third-order valence-corrected chi connectivity index (χ3v) is 9.28. The van der Waals surface area contributed by atoms with Crippen LogP contribution in [0.15, 0.2) is 54.6 Å². The fourth-order valence-corrected chi connectivity index (χ4v) is 6.01. The van der Waals surface area contributed by atoms with E-state index in [1.54, 1.807) is 36.4 Å². The molecule has 2 N–H and O–H groups in total. The number of aryl methyl sites for hydroxylation is 1. The lowest BCUT2D eigenvalue weighted by Crippen LogP contribution is -2.39. The maximum absolute atomic E-state index is 13.0. The minimum absolute atomic E-state index is 0.0430. The highest BCUT2D eigenvalue weighted by atomic mass is 32.2. The van der Waals surface area contributed by atoms with Crippen LogP contribution < -0.4 is 4.74 Å². The summed E-state index contributed by atoms with van der Waals surface area (Å²) in [6, 6.07) is 16.0. The van der Waals surface area contributed by atoms with Crippen LogP contribution in [-0.2, 0) is 44.3 Å². The lowest BCUT2D eigenvalue weighted by molar-refractivity contribution is -0.243. The largest absolute Gasteiger partial charge is 0.457 e. The summed E-state index contributed by atoms with van der Waals surface area (Å²) >= 11 is 0. The molecule has 1 atom stereocenters. The molecule has 0 bridgehead atoms. The van der Waals surface area contributed by atoms with Gasteiger partial charge in [-0.3, -0.25) is 14.2 Å². The van der Waals surface area contributed by atoms with Crippen LogP contribution in [-0.4, -0.2) is 41.6 Å². The number of benzene rings is 2. The highest BCUT2D eigenvalue weighted by molar-refractivity contribution is 7.94. The number of carbonyl (C=O) groups is 2. The number of esters is 2. The minimum Gasteiger partial charge on any atom is -0.457 e. The number of rotatable bonds is 12. The molecule has 0 saturated carbocycles. The Morgan fingerprint density at radius 2 is 1.38 bits per heavy atom. The predicted molar refractivity (Wildman–Crippen MR) is 147 cm³/mol. The highest BCUT2D eigenvalue weighted by Crippen LogP contribution is 2.47. The molecule has 40 heavy (non-hydrogen) atoms. The maximum atomic E-state index is 13.0. The van der Waals surface area contributed by atoms with Gasteiger partial charge in [0.05, 0.1) is 10.8 Å². The number of hydrogen-bond donors (Lipinski definition) is 2. The van der Waals surface area contributed by atoms with E-state index in [1.165, 1.54) is 41.5 Å². The second-order valence-corrected chi connectivity index (χ2v) is 15.1. The van der Waals surface area contributed by atoms with Crippen molar-refractivity contribution in [3.8, 4) is 11.5 Å².